The molecule has 0 bridgehead atoms. The van der Waals surface area contributed by atoms with Crippen LogP contribution < -0.4 is 30.7 Å². The lowest BCUT2D eigenvalue weighted by Crippen LogP contribution is -2.74. The van der Waals surface area contributed by atoms with Gasteiger partial charge in [-0.05, 0) is 119 Å². The standard InChI is InChI=1S/C57H80ClN7O8/c1-39(60-6)51(66)62-50(42-10-8-7-9-11-42)53(68)65-28-24-41-23-27-64(38-49(41)65)26-22-40-12-19-46(20-13-40)72-35-34-71-33-32-70-31-30-69-29-25-61-45-17-14-43(15-18-45)52(67)63-54-56(2,3)55(57(54,4)5)73-47-21-16-44(37-59)48(58)36-47/h12-21,36,39,41-42,49-50,54-55,60-61H,7-11,22-35,38H2,1-6H3,(H,62,66)(H,63,67)/t39-,41-,49-,50-,54-,55-/m0/s1. The van der Waals surface area contributed by atoms with Gasteiger partial charge in [0, 0.05) is 66.4 Å². The summed E-state index contributed by atoms with van der Waals surface area (Å²) in [6, 6.07) is 22.2. The Labute approximate surface area is 438 Å². The van der Waals surface area contributed by atoms with Crippen LogP contribution in [-0.4, -0.2) is 144 Å². The average Bonchev–Trinajstić information content (AvgIpc) is 3.83. The maximum atomic E-state index is 14.2. The lowest BCUT2D eigenvalue weighted by Gasteiger charge is -2.63. The van der Waals surface area contributed by atoms with Gasteiger partial charge in [-0.1, -0.05) is 70.7 Å². The minimum atomic E-state index is -0.441. The SMILES string of the molecule is CN[C@@H](C)C(=O)N[C@H](C(=O)N1CC[C@@H]2CCN(CCc3ccc(OCCOCCOCCOCCNc4ccc(C(=O)N[C@H]5C(C)(C)[C@H](Oc6ccc(C#N)c(Cl)c6)C5(C)C)cc4)cc3)C[C@@H]21)C1CCCCC1. The Morgan fingerprint density at radius 2 is 1.45 bits per heavy atom. The van der Waals surface area contributed by atoms with Gasteiger partial charge >= 0.3 is 0 Å². The van der Waals surface area contributed by atoms with Crippen molar-refractivity contribution in [2.45, 2.75) is 116 Å². The third-order valence-electron chi connectivity index (χ3n) is 15.8. The molecule has 4 fully saturated rings. The van der Waals surface area contributed by atoms with E-state index in [1.54, 1.807) is 25.2 Å². The molecule has 398 valence electrons. The monoisotopic (exact) mass is 1030 g/mol. The minimum Gasteiger partial charge on any atom is -0.491 e. The van der Waals surface area contributed by atoms with Crippen LogP contribution in [0.3, 0.4) is 0 Å². The van der Waals surface area contributed by atoms with E-state index in [4.69, 9.17) is 35.3 Å². The van der Waals surface area contributed by atoms with E-state index in [1.807, 2.05) is 43.3 Å². The summed E-state index contributed by atoms with van der Waals surface area (Å²) < 4.78 is 29.4. The number of carbonyl (C=O) groups is 3. The van der Waals surface area contributed by atoms with Crippen LogP contribution in [-0.2, 0) is 30.2 Å². The summed E-state index contributed by atoms with van der Waals surface area (Å²) in [5.74, 6) is 2.03. The first-order chi connectivity index (χ1) is 35.2. The van der Waals surface area contributed by atoms with E-state index in [-0.39, 0.29) is 58.7 Å². The molecule has 3 amide bonds. The molecule has 7 rings (SSSR count). The second-order valence-corrected chi connectivity index (χ2v) is 21.9. The molecule has 0 radical (unpaired) electrons. The molecule has 4 N–H and O–H groups in total. The van der Waals surface area contributed by atoms with Gasteiger partial charge in [0.15, 0.2) is 0 Å². The number of amides is 3. The summed E-state index contributed by atoms with van der Waals surface area (Å²) in [6.45, 7) is 17.7. The summed E-state index contributed by atoms with van der Waals surface area (Å²) in [5, 5.41) is 22.3. The van der Waals surface area contributed by atoms with Crippen LogP contribution in [0.2, 0.25) is 5.02 Å². The van der Waals surface area contributed by atoms with Gasteiger partial charge in [0.2, 0.25) is 11.8 Å². The van der Waals surface area contributed by atoms with Crippen molar-refractivity contribution in [1.82, 2.24) is 25.8 Å². The Balaban J connectivity index is 0.701. The van der Waals surface area contributed by atoms with Crippen molar-refractivity contribution in [2.24, 2.45) is 22.7 Å². The zero-order valence-electron chi connectivity index (χ0n) is 44.0. The summed E-state index contributed by atoms with van der Waals surface area (Å²) in [5.41, 5.74) is 2.42. The summed E-state index contributed by atoms with van der Waals surface area (Å²) >= 11 is 6.24. The van der Waals surface area contributed by atoms with Crippen LogP contribution >= 0.6 is 11.6 Å². The van der Waals surface area contributed by atoms with E-state index in [0.29, 0.717) is 80.6 Å². The number of anilines is 1. The minimum absolute atomic E-state index is 0.0951. The molecule has 2 heterocycles. The number of likely N-dealkylation sites (N-methyl/N-ethyl adjacent to an activating group) is 1. The van der Waals surface area contributed by atoms with Crippen LogP contribution in [0.4, 0.5) is 5.69 Å². The van der Waals surface area contributed by atoms with Gasteiger partial charge in [-0.15, -0.1) is 0 Å². The van der Waals surface area contributed by atoms with Crippen LogP contribution in [0.5, 0.6) is 11.5 Å². The lowest BCUT2D eigenvalue weighted by atomic mass is 9.49. The molecule has 2 saturated heterocycles. The molecule has 2 saturated carbocycles. The molecule has 73 heavy (non-hydrogen) atoms. The fraction of sp³-hybridized carbons (Fsp3) is 0.614. The average molecular weight is 1030 g/mol. The first-order valence-electron chi connectivity index (χ1n) is 26.7. The summed E-state index contributed by atoms with van der Waals surface area (Å²) in [7, 11) is 1.78. The molecule has 2 aliphatic carbocycles. The number of ether oxygens (including phenoxy) is 5. The molecular weight excluding hydrogens is 946 g/mol. The molecule has 15 nitrogen and oxygen atoms in total. The fourth-order valence-electron chi connectivity index (χ4n) is 11.7. The number of nitrogens with zero attached hydrogens (tertiary/aromatic N) is 3. The topological polar surface area (TPSA) is 176 Å². The zero-order valence-corrected chi connectivity index (χ0v) is 44.8. The van der Waals surface area contributed by atoms with Crippen LogP contribution in [0.15, 0.2) is 66.7 Å². The molecule has 3 aromatic carbocycles. The Bertz CT molecular complexity index is 2290. The number of nitriles is 1. The van der Waals surface area contributed by atoms with Gasteiger partial charge in [-0.3, -0.25) is 14.4 Å². The number of hydrogen-bond donors (Lipinski definition) is 4. The highest BCUT2D eigenvalue weighted by Crippen LogP contribution is 2.55. The maximum absolute atomic E-state index is 14.2. The molecule has 0 spiro atoms. The van der Waals surface area contributed by atoms with Gasteiger partial charge in [0.25, 0.3) is 5.91 Å². The first kappa shape index (κ1) is 55.8. The van der Waals surface area contributed by atoms with E-state index < -0.39 is 6.04 Å². The molecule has 3 aromatic rings. The van der Waals surface area contributed by atoms with Gasteiger partial charge in [0.1, 0.15) is 36.3 Å². The summed E-state index contributed by atoms with van der Waals surface area (Å²) in [6.07, 6.45) is 8.33. The zero-order chi connectivity index (χ0) is 52.0. The third kappa shape index (κ3) is 14.7. The number of nitrogens with one attached hydrogen (secondary N) is 4. The molecule has 0 aromatic heterocycles. The Morgan fingerprint density at radius 1 is 0.808 bits per heavy atom. The first-order valence-corrected chi connectivity index (χ1v) is 27.0. The molecular formula is C57H80ClN7O8. The quantitative estimate of drug-likeness (QED) is 0.0584. The second-order valence-electron chi connectivity index (χ2n) is 21.5. The lowest BCUT2D eigenvalue weighted by molar-refractivity contribution is -0.164. The van der Waals surface area contributed by atoms with E-state index >= 15 is 0 Å². The van der Waals surface area contributed by atoms with Gasteiger partial charge in [-0.25, -0.2) is 0 Å². The third-order valence-corrected chi connectivity index (χ3v) is 16.1. The van der Waals surface area contributed by atoms with Gasteiger partial charge < -0.3 is 54.8 Å². The van der Waals surface area contributed by atoms with Gasteiger partial charge in [-0.2, -0.15) is 5.26 Å². The maximum Gasteiger partial charge on any atom is 0.251 e. The Morgan fingerprint density at radius 3 is 2.11 bits per heavy atom. The van der Waals surface area contributed by atoms with Crippen molar-refractivity contribution in [1.29, 1.82) is 5.26 Å². The predicted octanol–water partition coefficient (Wildman–Crippen LogP) is 7.50. The number of benzene rings is 3. The predicted molar refractivity (Wildman–Crippen MR) is 284 cm³/mol. The van der Waals surface area contributed by atoms with E-state index in [2.05, 4.69) is 77.0 Å². The highest BCUT2D eigenvalue weighted by Gasteiger charge is 2.64. The number of halogens is 1. The number of piperidine rings is 1. The van der Waals surface area contributed by atoms with E-state index in [9.17, 15) is 19.6 Å². The van der Waals surface area contributed by atoms with Crippen molar-refractivity contribution in [3.8, 4) is 17.6 Å². The van der Waals surface area contributed by atoms with E-state index in [1.165, 1.54) is 12.0 Å². The van der Waals surface area contributed by atoms with Crippen molar-refractivity contribution in [3.05, 3.63) is 88.4 Å². The van der Waals surface area contributed by atoms with E-state index in [0.717, 1.165) is 82.6 Å². The van der Waals surface area contributed by atoms with Gasteiger partial charge in [0.05, 0.1) is 56.3 Å². The smallest absolute Gasteiger partial charge is 0.251 e. The van der Waals surface area contributed by atoms with Crippen molar-refractivity contribution < 1.29 is 38.1 Å². The highest BCUT2D eigenvalue weighted by atomic mass is 35.5. The van der Waals surface area contributed by atoms with Crippen molar-refractivity contribution >= 4 is 35.0 Å². The van der Waals surface area contributed by atoms with Crippen molar-refractivity contribution in [2.75, 3.05) is 91.3 Å². The Hall–Kier alpha value is -4.95. The van der Waals surface area contributed by atoms with Crippen LogP contribution in [0.25, 0.3) is 0 Å². The largest absolute Gasteiger partial charge is 0.491 e. The molecule has 2 aliphatic heterocycles. The normalized spacial score (nSPS) is 22.2. The highest BCUT2D eigenvalue weighted by molar-refractivity contribution is 6.31. The molecule has 0 unspecified atom stereocenters. The second kappa shape index (κ2) is 26.5. The number of fused-ring (bicyclic) bond motifs is 1. The molecule has 4 atom stereocenters. The van der Waals surface area contributed by atoms with Crippen LogP contribution in [0, 0.1) is 34.0 Å². The molecule has 4 aliphatic rings. The number of rotatable bonds is 26. The Kier molecular flexibility index (Phi) is 20.3. The van der Waals surface area contributed by atoms with Crippen molar-refractivity contribution in [3.63, 3.8) is 0 Å². The van der Waals surface area contributed by atoms with Crippen LogP contribution in [0.1, 0.15) is 101 Å². The number of hydrogen-bond acceptors (Lipinski definition) is 12. The molecule has 16 heteroatoms. The fourth-order valence-corrected chi connectivity index (χ4v) is 11.9. The number of likely N-dealkylation sites (tertiary alicyclic amines) is 2. The number of carbonyl (C=O) groups excluding carboxylic acids is 3. The summed E-state index contributed by atoms with van der Waals surface area (Å²) in [4.78, 5) is 45.2.